The molecule has 0 fully saturated rings. The van der Waals surface area contributed by atoms with Crippen molar-refractivity contribution < 1.29 is 10.2 Å². The molecule has 0 aliphatic heterocycles. The van der Waals surface area contributed by atoms with Crippen LogP contribution in [0.25, 0.3) is 22.3 Å². The zero-order chi connectivity index (χ0) is 35.1. The molecule has 12 nitrogen and oxygen atoms in total. The number of para-hydroxylation sites is 2. The van der Waals surface area contributed by atoms with Crippen LogP contribution >= 0.6 is 0 Å². The fourth-order valence-electron chi connectivity index (χ4n) is 4.68. The molecule has 0 unspecified atom stereocenters. The summed E-state index contributed by atoms with van der Waals surface area (Å²) in [4.78, 5) is 38.3. The van der Waals surface area contributed by atoms with Crippen LogP contribution in [0.15, 0.2) is 144 Å². The first kappa shape index (κ1) is 34.6. The van der Waals surface area contributed by atoms with Crippen molar-refractivity contribution in [1.82, 2.24) is 39.9 Å². The van der Waals surface area contributed by atoms with Crippen LogP contribution in [-0.4, -0.2) is 73.4 Å². The summed E-state index contributed by atoms with van der Waals surface area (Å²) in [5, 5.41) is 23.0. The number of hydrogen-bond donors (Lipinski definition) is 2. The Balaban J connectivity index is 0.000000133. The van der Waals surface area contributed by atoms with Gasteiger partial charge in [0.2, 0.25) is 0 Å². The number of aromatic amines is 2. The molecule has 0 aliphatic carbocycles. The zero-order valence-electron chi connectivity index (χ0n) is 27.2. The Kier molecular flexibility index (Phi) is 12.2. The minimum atomic E-state index is -0.258. The van der Waals surface area contributed by atoms with Gasteiger partial charge in [-0.1, -0.05) is 48.5 Å². The van der Waals surface area contributed by atoms with E-state index in [1.165, 1.54) is 69.9 Å². The van der Waals surface area contributed by atoms with Gasteiger partial charge >= 0.3 is 102 Å². The monoisotopic (exact) mass is 778 g/mol. The van der Waals surface area contributed by atoms with E-state index in [1.807, 2.05) is 0 Å². The number of nitrogens with one attached hydrogen (secondary N) is 2. The second kappa shape index (κ2) is 17.9. The summed E-state index contributed by atoms with van der Waals surface area (Å²) in [7, 11) is 0. The van der Waals surface area contributed by atoms with Gasteiger partial charge in [0, 0.05) is 12.4 Å². The molecule has 4 aromatic heterocycles. The topological polar surface area (TPSA) is 180 Å². The van der Waals surface area contributed by atoms with Crippen LogP contribution in [0.3, 0.4) is 0 Å². The summed E-state index contributed by atoms with van der Waals surface area (Å²) in [5.74, 6) is 0.772. The van der Waals surface area contributed by atoms with Crippen molar-refractivity contribution in [2.45, 2.75) is 8.87 Å². The van der Waals surface area contributed by atoms with E-state index in [4.69, 9.17) is 0 Å². The third-order valence-corrected chi connectivity index (χ3v) is 11.0. The molecule has 0 aliphatic rings. The van der Waals surface area contributed by atoms with Crippen molar-refractivity contribution in [2.24, 2.45) is 9.98 Å². The average Bonchev–Trinajstić information content (AvgIpc) is 3.87. The maximum absolute atomic E-state index is 11.5. The zero-order valence-corrected chi connectivity index (χ0v) is 30.0. The van der Waals surface area contributed by atoms with Crippen molar-refractivity contribution in [3.05, 3.63) is 157 Å². The van der Waals surface area contributed by atoms with Crippen molar-refractivity contribution in [3.63, 3.8) is 0 Å². The molecule has 0 amide bonds. The molecular formula is C38H30N10O2Sn. The molecule has 4 heterocycles. The molecule has 0 saturated heterocycles. The molecule has 13 heteroatoms. The molecular weight excluding hydrogens is 747 g/mol. The van der Waals surface area contributed by atoms with E-state index in [0.29, 0.717) is 45.1 Å². The molecule has 8 aromatic rings. The van der Waals surface area contributed by atoms with E-state index < -0.39 is 0 Å². The van der Waals surface area contributed by atoms with E-state index in [0.717, 1.165) is 0 Å². The fourth-order valence-corrected chi connectivity index (χ4v) is 8.03. The number of fused-ring (bicyclic) bond motifs is 2. The van der Waals surface area contributed by atoms with E-state index >= 15 is 0 Å². The number of nitrogens with zero attached hydrogens (tertiary/aromatic N) is 8. The molecule has 2 N–H and O–H groups in total. The average molecular weight is 777 g/mol. The number of imidazole rings is 2. The van der Waals surface area contributed by atoms with Gasteiger partial charge in [-0.15, -0.1) is 11.5 Å². The Morgan fingerprint density at radius 2 is 0.922 bits per heavy atom. The van der Waals surface area contributed by atoms with Crippen LogP contribution in [-0.2, 0) is 8.87 Å². The molecule has 0 spiro atoms. The summed E-state index contributed by atoms with van der Waals surface area (Å²) in [6, 6.07) is 35.0. The first-order valence-corrected chi connectivity index (χ1v) is 19.8. The number of aliphatic imine (C=N–C) groups is 2. The van der Waals surface area contributed by atoms with Gasteiger partial charge in [0.25, 0.3) is 0 Å². The minimum absolute atomic E-state index is 0.0730. The Hall–Kier alpha value is -6.28. The molecule has 0 saturated carbocycles. The van der Waals surface area contributed by atoms with Crippen LogP contribution in [0.2, 0.25) is 0 Å². The van der Waals surface area contributed by atoms with Crippen LogP contribution < -0.4 is 10.2 Å². The van der Waals surface area contributed by atoms with Gasteiger partial charge in [0.1, 0.15) is 23.7 Å². The summed E-state index contributed by atoms with van der Waals surface area (Å²) < 4.78 is 2.69. The Morgan fingerprint density at radius 1 is 0.510 bits per heavy atom. The summed E-state index contributed by atoms with van der Waals surface area (Å²) in [6.45, 7) is 0. The number of aromatic nitrogens is 8. The number of benzene rings is 4. The van der Waals surface area contributed by atoms with Gasteiger partial charge in [-0.05, 0) is 11.1 Å². The predicted molar refractivity (Wildman–Crippen MR) is 196 cm³/mol. The van der Waals surface area contributed by atoms with Crippen LogP contribution in [0, 0.1) is 0 Å². The number of hydrogen-bond acceptors (Lipinski definition) is 10. The normalized spacial score (nSPS) is 10.8. The Morgan fingerprint density at radius 3 is 1.35 bits per heavy atom. The van der Waals surface area contributed by atoms with Crippen LogP contribution in [0.1, 0.15) is 22.3 Å². The molecule has 248 valence electrons. The first-order chi connectivity index (χ1) is 25.1. The second-order valence-electron chi connectivity index (χ2n) is 10.8. The van der Waals surface area contributed by atoms with Crippen molar-refractivity contribution >= 4 is 67.5 Å². The van der Waals surface area contributed by atoms with Crippen molar-refractivity contribution in [3.8, 4) is 11.5 Å². The number of H-pyrrole nitrogens is 2. The first-order valence-electron chi connectivity index (χ1n) is 15.8. The van der Waals surface area contributed by atoms with E-state index in [9.17, 15) is 10.2 Å². The van der Waals surface area contributed by atoms with Crippen molar-refractivity contribution in [1.29, 1.82) is 0 Å². The second-order valence-corrected chi connectivity index (χ2v) is 14.2. The van der Waals surface area contributed by atoms with E-state index in [1.54, 1.807) is 36.4 Å². The predicted octanol–water partition coefficient (Wildman–Crippen LogP) is 5.45. The van der Waals surface area contributed by atoms with Crippen LogP contribution in [0.4, 0.5) is 11.6 Å². The van der Waals surface area contributed by atoms with Crippen LogP contribution in [0.5, 0.6) is 11.5 Å². The molecule has 0 bridgehead atoms. The summed E-state index contributed by atoms with van der Waals surface area (Å²) in [5.41, 5.74) is 6.46. The molecule has 8 rings (SSSR count). The molecule has 0 radical (unpaired) electrons. The Bertz CT molecular complexity index is 2180. The SMILES string of the molecule is [O-]c1ccccc1C=Nc1ncnc2nc[nH]c12.[O-]c1ccccc1C=Nc1ncnc2nc[nH]c12.c1ccc([CH2][Sn+2][CH2]c2ccccc2)cc1. The van der Waals surface area contributed by atoms with E-state index in [2.05, 4.69) is 111 Å². The van der Waals surface area contributed by atoms with Gasteiger partial charge in [-0.2, -0.15) is 0 Å². The van der Waals surface area contributed by atoms with Gasteiger partial charge in [-0.3, -0.25) is 0 Å². The quantitative estimate of drug-likeness (QED) is 0.151. The van der Waals surface area contributed by atoms with E-state index in [-0.39, 0.29) is 32.6 Å². The third kappa shape index (κ3) is 9.89. The molecule has 0 atom stereocenters. The van der Waals surface area contributed by atoms with Gasteiger partial charge in [0.15, 0.2) is 22.9 Å². The standard InChI is InChI=1S/2C12H9N5O.2C7H7.Sn/c2*18-9-4-2-1-3-8(9)5-13-11-10-12(15-6-14-10)17-7-16-11;2*1-7-5-3-2-4-6-7;/h2*1-7,18H,(H,14,15,16,17);2*2-6H,1H2;/q;;;;+2/p-2. The molecule has 51 heavy (non-hydrogen) atoms. The van der Waals surface area contributed by atoms with Crippen molar-refractivity contribution in [2.75, 3.05) is 0 Å². The third-order valence-electron chi connectivity index (χ3n) is 7.24. The summed E-state index contributed by atoms with van der Waals surface area (Å²) in [6.07, 6.45) is 8.81. The number of rotatable bonds is 8. The van der Waals surface area contributed by atoms with Gasteiger partial charge in [0.05, 0.1) is 12.7 Å². The maximum atomic E-state index is 11.5. The van der Waals surface area contributed by atoms with Gasteiger partial charge in [-0.25, -0.2) is 39.9 Å². The van der Waals surface area contributed by atoms with Gasteiger partial charge < -0.3 is 20.2 Å². The fraction of sp³-hybridized carbons (Fsp3) is 0.0526. The Labute approximate surface area is 303 Å². The molecule has 4 aromatic carbocycles. The summed E-state index contributed by atoms with van der Waals surface area (Å²) >= 11 is -0.258.